The number of nitrogens with two attached hydrogens (primary N) is 1. The largest absolute Gasteiger partial charge is 0.409 e. The van der Waals surface area contributed by atoms with Crippen LogP contribution in [-0.2, 0) is 11.3 Å². The van der Waals surface area contributed by atoms with E-state index in [-0.39, 0.29) is 29.6 Å². The van der Waals surface area contributed by atoms with Crippen LogP contribution in [0.25, 0.3) is 0 Å². The van der Waals surface area contributed by atoms with Crippen molar-refractivity contribution in [1.82, 2.24) is 5.32 Å². The van der Waals surface area contributed by atoms with E-state index >= 15 is 0 Å². The second-order valence-electron chi connectivity index (χ2n) is 5.75. The quantitative estimate of drug-likeness (QED) is 0.338. The molecule has 0 bridgehead atoms. The van der Waals surface area contributed by atoms with Gasteiger partial charge in [0, 0.05) is 23.6 Å². The summed E-state index contributed by atoms with van der Waals surface area (Å²) in [6, 6.07) is 4.24. The summed E-state index contributed by atoms with van der Waals surface area (Å²) in [6.45, 7) is 4.20. The van der Waals surface area contributed by atoms with Gasteiger partial charge in [0.1, 0.15) is 5.82 Å². The fourth-order valence-electron chi connectivity index (χ4n) is 2.13. The van der Waals surface area contributed by atoms with E-state index < -0.39 is 5.82 Å². The highest BCUT2D eigenvalue weighted by molar-refractivity contribution is 5.97. The Kier molecular flexibility index (Phi) is 3.65. The number of nitrogens with zero attached hydrogens (tertiary/aromatic N) is 1. The molecule has 1 saturated carbocycles. The minimum Gasteiger partial charge on any atom is -0.409 e. The molecule has 5 nitrogen and oxygen atoms in total. The van der Waals surface area contributed by atoms with Crippen LogP contribution in [0.15, 0.2) is 23.4 Å². The lowest BCUT2D eigenvalue weighted by Crippen LogP contribution is -2.26. The highest BCUT2D eigenvalue weighted by Gasteiger charge is 2.50. The molecule has 0 aliphatic heterocycles. The second kappa shape index (κ2) is 5.11. The van der Waals surface area contributed by atoms with Crippen molar-refractivity contribution in [3.8, 4) is 0 Å². The molecule has 20 heavy (non-hydrogen) atoms. The number of oxime groups is 1. The third-order valence-corrected chi connectivity index (χ3v) is 3.74. The standard InChI is InChI=1S/C14H18FN3O2/c1-14(2)6-10(14)13(19)17-7-9-4-3-8(5-11(9)15)12(16)18-20/h3-5,10,20H,6-7H2,1-2H3,(H2,16,18)(H,17,19). The summed E-state index contributed by atoms with van der Waals surface area (Å²) in [5.74, 6) is -0.680. The zero-order valence-corrected chi connectivity index (χ0v) is 11.5. The van der Waals surface area contributed by atoms with Gasteiger partial charge in [-0.3, -0.25) is 4.79 Å². The molecule has 1 aliphatic rings. The fourth-order valence-corrected chi connectivity index (χ4v) is 2.13. The van der Waals surface area contributed by atoms with Gasteiger partial charge in [-0.25, -0.2) is 4.39 Å². The van der Waals surface area contributed by atoms with E-state index in [2.05, 4.69) is 10.5 Å². The molecule has 1 atom stereocenters. The SMILES string of the molecule is CC1(C)CC1C(=O)NCc1ccc(/C(N)=N/O)cc1F. The summed E-state index contributed by atoms with van der Waals surface area (Å²) in [7, 11) is 0. The Balaban J connectivity index is 1.99. The average Bonchev–Trinajstić information content (AvgIpc) is 3.05. The summed E-state index contributed by atoms with van der Waals surface area (Å²) < 4.78 is 13.8. The molecule has 108 valence electrons. The maximum atomic E-state index is 13.8. The topological polar surface area (TPSA) is 87.7 Å². The number of halogens is 1. The molecule has 1 aromatic rings. The number of hydrogen-bond acceptors (Lipinski definition) is 3. The van der Waals surface area contributed by atoms with Crippen LogP contribution in [0.4, 0.5) is 4.39 Å². The number of hydrogen-bond donors (Lipinski definition) is 3. The van der Waals surface area contributed by atoms with E-state index in [0.29, 0.717) is 11.1 Å². The maximum Gasteiger partial charge on any atom is 0.223 e. The van der Waals surface area contributed by atoms with Crippen molar-refractivity contribution >= 4 is 11.7 Å². The third-order valence-electron chi connectivity index (χ3n) is 3.74. The van der Waals surface area contributed by atoms with Crippen LogP contribution in [0.5, 0.6) is 0 Å². The first-order chi connectivity index (χ1) is 9.35. The fraction of sp³-hybridized carbons (Fsp3) is 0.429. The van der Waals surface area contributed by atoms with Crippen LogP contribution in [0, 0.1) is 17.2 Å². The molecule has 0 heterocycles. The molecular formula is C14H18FN3O2. The lowest BCUT2D eigenvalue weighted by Gasteiger charge is -2.08. The smallest absolute Gasteiger partial charge is 0.223 e. The number of benzene rings is 1. The highest BCUT2D eigenvalue weighted by Crippen LogP contribution is 2.51. The number of amides is 1. The van der Waals surface area contributed by atoms with Gasteiger partial charge in [0.25, 0.3) is 0 Å². The molecular weight excluding hydrogens is 261 g/mol. The van der Waals surface area contributed by atoms with Crippen LogP contribution in [0.2, 0.25) is 0 Å². The van der Waals surface area contributed by atoms with E-state index in [1.165, 1.54) is 12.1 Å². The molecule has 0 saturated heterocycles. The summed E-state index contributed by atoms with van der Waals surface area (Å²) in [5, 5.41) is 14.1. The molecule has 0 spiro atoms. The van der Waals surface area contributed by atoms with Crippen LogP contribution in [0.1, 0.15) is 31.4 Å². The maximum absolute atomic E-state index is 13.8. The molecule has 1 amide bonds. The van der Waals surface area contributed by atoms with Crippen LogP contribution >= 0.6 is 0 Å². The second-order valence-corrected chi connectivity index (χ2v) is 5.75. The normalized spacial score (nSPS) is 20.6. The monoisotopic (exact) mass is 279 g/mol. The first-order valence-corrected chi connectivity index (χ1v) is 6.39. The molecule has 1 aromatic carbocycles. The Morgan fingerprint density at radius 2 is 2.25 bits per heavy atom. The van der Waals surface area contributed by atoms with Gasteiger partial charge < -0.3 is 16.3 Å². The van der Waals surface area contributed by atoms with Crippen molar-refractivity contribution in [3.05, 3.63) is 35.1 Å². The minimum atomic E-state index is -0.496. The predicted octanol–water partition coefficient (Wildman–Crippen LogP) is 1.58. The van der Waals surface area contributed by atoms with Crippen molar-refractivity contribution in [2.24, 2.45) is 22.2 Å². The minimum absolute atomic E-state index is 0.0157. The van der Waals surface area contributed by atoms with E-state index in [1.807, 2.05) is 13.8 Å². The molecule has 0 aromatic heterocycles. The summed E-state index contributed by atoms with van der Waals surface area (Å²) in [5.41, 5.74) is 6.09. The van der Waals surface area contributed by atoms with Gasteiger partial charge in [-0.15, -0.1) is 0 Å². The van der Waals surface area contributed by atoms with Gasteiger partial charge in [0.05, 0.1) is 0 Å². The lowest BCUT2D eigenvalue weighted by atomic mass is 10.1. The number of nitrogens with one attached hydrogen (secondary N) is 1. The number of rotatable bonds is 4. The van der Waals surface area contributed by atoms with Gasteiger partial charge in [-0.05, 0) is 17.9 Å². The van der Waals surface area contributed by atoms with Gasteiger partial charge in [0.2, 0.25) is 5.91 Å². The predicted molar refractivity (Wildman–Crippen MR) is 72.6 cm³/mol. The zero-order valence-electron chi connectivity index (χ0n) is 11.5. The first kappa shape index (κ1) is 14.3. The number of carbonyl (C=O) groups is 1. The summed E-state index contributed by atoms with van der Waals surface area (Å²) >= 11 is 0. The Morgan fingerprint density at radius 1 is 1.60 bits per heavy atom. The molecule has 0 radical (unpaired) electrons. The Bertz CT molecular complexity index is 570. The van der Waals surface area contributed by atoms with Gasteiger partial charge in [-0.2, -0.15) is 0 Å². The van der Waals surface area contributed by atoms with Crippen molar-refractivity contribution in [2.45, 2.75) is 26.8 Å². The molecule has 1 unspecified atom stereocenters. The van der Waals surface area contributed by atoms with Crippen molar-refractivity contribution in [3.63, 3.8) is 0 Å². The Morgan fingerprint density at radius 3 is 2.75 bits per heavy atom. The first-order valence-electron chi connectivity index (χ1n) is 6.39. The average molecular weight is 279 g/mol. The van der Waals surface area contributed by atoms with Crippen molar-refractivity contribution in [2.75, 3.05) is 0 Å². The third kappa shape index (κ3) is 2.89. The van der Waals surface area contributed by atoms with Crippen LogP contribution < -0.4 is 11.1 Å². The zero-order chi connectivity index (χ0) is 14.9. The van der Waals surface area contributed by atoms with E-state index in [9.17, 15) is 9.18 Å². The van der Waals surface area contributed by atoms with Crippen LogP contribution in [-0.4, -0.2) is 17.0 Å². The molecule has 2 rings (SSSR count). The van der Waals surface area contributed by atoms with E-state index in [0.717, 1.165) is 6.42 Å². The van der Waals surface area contributed by atoms with E-state index in [4.69, 9.17) is 10.9 Å². The van der Waals surface area contributed by atoms with Gasteiger partial charge >= 0.3 is 0 Å². The van der Waals surface area contributed by atoms with Gasteiger partial charge in [0.15, 0.2) is 5.84 Å². The summed E-state index contributed by atoms with van der Waals surface area (Å²) in [6.07, 6.45) is 0.865. The Labute approximate surface area is 116 Å². The number of carbonyl (C=O) groups excluding carboxylic acids is 1. The molecule has 1 aliphatic carbocycles. The summed E-state index contributed by atoms with van der Waals surface area (Å²) in [4.78, 5) is 11.8. The van der Waals surface area contributed by atoms with Crippen molar-refractivity contribution in [1.29, 1.82) is 0 Å². The molecule has 1 fully saturated rings. The molecule has 4 N–H and O–H groups in total. The lowest BCUT2D eigenvalue weighted by molar-refractivity contribution is -0.123. The van der Waals surface area contributed by atoms with E-state index in [1.54, 1.807) is 6.07 Å². The van der Waals surface area contributed by atoms with Gasteiger partial charge in [-0.1, -0.05) is 31.1 Å². The van der Waals surface area contributed by atoms with Crippen LogP contribution in [0.3, 0.4) is 0 Å². The Hall–Kier alpha value is -2.11. The van der Waals surface area contributed by atoms with Crippen molar-refractivity contribution < 1.29 is 14.4 Å². The molecule has 6 heteroatoms. The highest BCUT2D eigenvalue weighted by atomic mass is 19.1. The number of amidine groups is 1.